The zero-order valence-electron chi connectivity index (χ0n) is 11.3. The summed E-state index contributed by atoms with van der Waals surface area (Å²) in [5.41, 5.74) is 1.91. The molecule has 0 fully saturated rings. The smallest absolute Gasteiger partial charge is 0.240 e. The molecule has 0 aliphatic carbocycles. The van der Waals surface area contributed by atoms with Gasteiger partial charge in [-0.05, 0) is 26.0 Å². The van der Waals surface area contributed by atoms with Crippen molar-refractivity contribution in [3.63, 3.8) is 0 Å². The number of nitrogens with zero attached hydrogens (tertiary/aromatic N) is 3. The fourth-order valence-electron chi connectivity index (χ4n) is 1.94. The molecule has 0 unspecified atom stereocenters. The Morgan fingerprint density at radius 2 is 2.15 bits per heavy atom. The zero-order chi connectivity index (χ0) is 13.9. The number of H-pyrrole nitrogens is 1. The highest BCUT2D eigenvalue weighted by Gasteiger charge is 2.11. The van der Waals surface area contributed by atoms with E-state index in [0.29, 0.717) is 24.8 Å². The van der Waals surface area contributed by atoms with Gasteiger partial charge in [0, 0.05) is 12.1 Å². The van der Waals surface area contributed by atoms with Gasteiger partial charge in [-0.1, -0.05) is 5.16 Å². The van der Waals surface area contributed by atoms with Gasteiger partial charge in [0.05, 0.1) is 12.7 Å². The van der Waals surface area contributed by atoms with Gasteiger partial charge in [-0.25, -0.2) is 0 Å². The van der Waals surface area contributed by atoms with Crippen molar-refractivity contribution in [2.75, 3.05) is 0 Å². The maximum absolute atomic E-state index is 5.60. The van der Waals surface area contributed by atoms with Crippen LogP contribution in [0.5, 0.6) is 0 Å². The van der Waals surface area contributed by atoms with Gasteiger partial charge >= 0.3 is 0 Å². The largest absolute Gasteiger partial charge is 0.460 e. The Hall–Kier alpha value is -2.41. The molecule has 20 heavy (non-hydrogen) atoms. The van der Waals surface area contributed by atoms with Crippen molar-refractivity contribution in [2.24, 2.45) is 0 Å². The minimum absolute atomic E-state index is 0.517. The highest BCUT2D eigenvalue weighted by molar-refractivity contribution is 5.56. The lowest BCUT2D eigenvalue weighted by atomic mass is 10.2. The molecule has 3 aromatic heterocycles. The summed E-state index contributed by atoms with van der Waals surface area (Å²) in [6, 6.07) is 3.85. The first-order valence-corrected chi connectivity index (χ1v) is 6.31. The molecule has 0 bridgehead atoms. The Balaban J connectivity index is 1.65. The average Bonchev–Trinajstić information content (AvgIpc) is 3.11. The molecule has 0 atom stereocenters. The first-order chi connectivity index (χ1) is 9.72. The molecule has 3 heterocycles. The summed E-state index contributed by atoms with van der Waals surface area (Å²) in [6.45, 7) is 4.85. The van der Waals surface area contributed by atoms with Gasteiger partial charge < -0.3 is 14.3 Å². The maximum atomic E-state index is 5.60. The van der Waals surface area contributed by atoms with Gasteiger partial charge in [0.2, 0.25) is 5.89 Å². The van der Waals surface area contributed by atoms with E-state index in [4.69, 9.17) is 8.94 Å². The van der Waals surface area contributed by atoms with Crippen LogP contribution < -0.4 is 5.32 Å². The molecule has 3 rings (SSSR count). The van der Waals surface area contributed by atoms with E-state index in [1.165, 1.54) is 0 Å². The monoisotopic (exact) mass is 273 g/mol. The Bertz CT molecular complexity index is 697. The molecular weight excluding hydrogens is 258 g/mol. The van der Waals surface area contributed by atoms with E-state index in [-0.39, 0.29) is 0 Å². The molecule has 7 nitrogen and oxygen atoms in total. The molecule has 104 valence electrons. The molecule has 3 aromatic rings. The van der Waals surface area contributed by atoms with Crippen molar-refractivity contribution in [1.82, 2.24) is 25.7 Å². The second-order valence-corrected chi connectivity index (χ2v) is 4.52. The quantitative estimate of drug-likeness (QED) is 0.738. The predicted octanol–water partition coefficient (Wildman–Crippen LogP) is 1.96. The normalized spacial score (nSPS) is 11.1. The van der Waals surface area contributed by atoms with Crippen LogP contribution in [-0.2, 0) is 13.1 Å². The van der Waals surface area contributed by atoms with Crippen LogP contribution >= 0.6 is 0 Å². The number of hydrogen-bond acceptors (Lipinski definition) is 6. The lowest BCUT2D eigenvalue weighted by molar-refractivity contribution is 0.364. The Morgan fingerprint density at radius 1 is 1.25 bits per heavy atom. The first-order valence-electron chi connectivity index (χ1n) is 6.31. The van der Waals surface area contributed by atoms with Gasteiger partial charge in [-0.2, -0.15) is 10.1 Å². The fourth-order valence-corrected chi connectivity index (χ4v) is 1.94. The van der Waals surface area contributed by atoms with Crippen LogP contribution in [0, 0.1) is 13.8 Å². The Kier molecular flexibility index (Phi) is 3.34. The van der Waals surface area contributed by atoms with Gasteiger partial charge in [-0.15, -0.1) is 0 Å². The summed E-state index contributed by atoms with van der Waals surface area (Å²) in [5, 5.41) is 14.0. The lowest BCUT2D eigenvalue weighted by Crippen LogP contribution is -2.13. The number of hydrogen-bond donors (Lipinski definition) is 2. The average molecular weight is 273 g/mol. The molecule has 0 aromatic carbocycles. The second kappa shape index (κ2) is 5.30. The highest BCUT2D eigenvalue weighted by atomic mass is 16.5. The van der Waals surface area contributed by atoms with Crippen molar-refractivity contribution in [1.29, 1.82) is 0 Å². The van der Waals surface area contributed by atoms with Crippen LogP contribution in [0.3, 0.4) is 0 Å². The highest BCUT2D eigenvalue weighted by Crippen LogP contribution is 2.23. The summed E-state index contributed by atoms with van der Waals surface area (Å²) in [5.74, 6) is 2.86. The molecule has 0 saturated carbocycles. The van der Waals surface area contributed by atoms with E-state index < -0.39 is 0 Å². The van der Waals surface area contributed by atoms with E-state index >= 15 is 0 Å². The van der Waals surface area contributed by atoms with Gasteiger partial charge in [0.1, 0.15) is 11.5 Å². The zero-order valence-corrected chi connectivity index (χ0v) is 11.3. The molecule has 0 spiro atoms. The van der Waals surface area contributed by atoms with Crippen LogP contribution in [0.2, 0.25) is 0 Å². The molecule has 0 aliphatic rings. The van der Waals surface area contributed by atoms with Crippen molar-refractivity contribution in [2.45, 2.75) is 26.9 Å². The minimum atomic E-state index is 0.517. The van der Waals surface area contributed by atoms with Crippen molar-refractivity contribution >= 4 is 0 Å². The van der Waals surface area contributed by atoms with E-state index in [2.05, 4.69) is 25.7 Å². The van der Waals surface area contributed by atoms with Crippen LogP contribution in [0.4, 0.5) is 0 Å². The fraction of sp³-hybridized carbons (Fsp3) is 0.308. The summed E-state index contributed by atoms with van der Waals surface area (Å²) in [6.07, 6.45) is 1.78. The van der Waals surface area contributed by atoms with Crippen molar-refractivity contribution in [3.05, 3.63) is 41.4 Å². The van der Waals surface area contributed by atoms with Crippen LogP contribution in [0.15, 0.2) is 27.3 Å². The number of aromatic amines is 1. The van der Waals surface area contributed by atoms with E-state index in [1.807, 2.05) is 19.1 Å². The van der Waals surface area contributed by atoms with Gasteiger partial charge in [-0.3, -0.25) is 5.10 Å². The molecule has 2 N–H and O–H groups in total. The standard InChI is InChI=1S/C13H15N5O2/c1-8-3-4-11(19-8)13-10(6-15-17-13)5-14-7-12-16-9(2)18-20-12/h3-4,6,14H,5,7H2,1-2H3,(H,15,17). The maximum Gasteiger partial charge on any atom is 0.240 e. The van der Waals surface area contributed by atoms with E-state index in [0.717, 1.165) is 22.8 Å². The topological polar surface area (TPSA) is 92.8 Å². The first kappa shape index (κ1) is 12.6. The molecule has 7 heteroatoms. The number of rotatable bonds is 5. The summed E-state index contributed by atoms with van der Waals surface area (Å²) < 4.78 is 10.6. The number of nitrogens with one attached hydrogen (secondary N) is 2. The lowest BCUT2D eigenvalue weighted by Gasteiger charge is -2.01. The van der Waals surface area contributed by atoms with Crippen LogP contribution in [0.25, 0.3) is 11.5 Å². The number of aromatic nitrogens is 4. The third-order valence-corrected chi connectivity index (χ3v) is 2.87. The third kappa shape index (κ3) is 2.62. The molecular formula is C13H15N5O2. The van der Waals surface area contributed by atoms with E-state index in [1.54, 1.807) is 13.1 Å². The summed E-state index contributed by atoms with van der Waals surface area (Å²) in [4.78, 5) is 4.13. The van der Waals surface area contributed by atoms with Gasteiger partial charge in [0.15, 0.2) is 11.6 Å². The third-order valence-electron chi connectivity index (χ3n) is 2.87. The minimum Gasteiger partial charge on any atom is -0.460 e. The number of aryl methyl sites for hydroxylation is 2. The SMILES string of the molecule is Cc1noc(CNCc2cn[nH]c2-c2ccc(C)o2)n1. The molecule has 0 aliphatic heterocycles. The van der Waals surface area contributed by atoms with Crippen molar-refractivity contribution < 1.29 is 8.94 Å². The Labute approximate surface area is 115 Å². The number of furan rings is 1. The summed E-state index contributed by atoms with van der Waals surface area (Å²) >= 11 is 0. The molecule has 0 amide bonds. The van der Waals surface area contributed by atoms with Gasteiger partial charge in [0.25, 0.3) is 0 Å². The van der Waals surface area contributed by atoms with Crippen LogP contribution in [0.1, 0.15) is 23.0 Å². The summed E-state index contributed by atoms with van der Waals surface area (Å²) in [7, 11) is 0. The second-order valence-electron chi connectivity index (χ2n) is 4.52. The Morgan fingerprint density at radius 3 is 2.85 bits per heavy atom. The van der Waals surface area contributed by atoms with Crippen molar-refractivity contribution in [3.8, 4) is 11.5 Å². The van der Waals surface area contributed by atoms with E-state index in [9.17, 15) is 0 Å². The molecule has 0 radical (unpaired) electrons. The predicted molar refractivity (Wildman–Crippen MR) is 70.6 cm³/mol. The van der Waals surface area contributed by atoms with Crippen LogP contribution in [-0.4, -0.2) is 20.3 Å². The molecule has 0 saturated heterocycles.